The Bertz CT molecular complexity index is 1040. The molecule has 2 aliphatic carbocycles. The highest BCUT2D eigenvalue weighted by Gasteiger charge is 2.45. The maximum absolute atomic E-state index is 15.2. The van der Waals surface area contributed by atoms with Gasteiger partial charge in [0.1, 0.15) is 52.0 Å². The highest BCUT2D eigenvalue weighted by molar-refractivity contribution is 6.41. The molecule has 2 fully saturated rings. The van der Waals surface area contributed by atoms with Crippen molar-refractivity contribution in [3.63, 3.8) is 0 Å². The lowest BCUT2D eigenvalue weighted by atomic mass is 9.42. The van der Waals surface area contributed by atoms with Crippen LogP contribution in [-0.2, 0) is 22.8 Å². The largest absolute Gasteiger partial charge is 0.394 e. The SMILES string of the molecule is BC1(B)Cc2ccc(Cc3cc([C@@H]4O[C@H](CO)[C@@H](O)[C@H](O)[C@H]4O)c(F)cc3C3CC3)cc21. The number of hydrogen-bond donors (Lipinski definition) is 4. The van der Waals surface area contributed by atoms with Crippen molar-refractivity contribution in [1.82, 2.24) is 0 Å². The van der Waals surface area contributed by atoms with Crippen LogP contribution in [0.3, 0.4) is 0 Å². The Morgan fingerprint density at radius 3 is 2.41 bits per heavy atom. The van der Waals surface area contributed by atoms with E-state index in [9.17, 15) is 20.4 Å². The van der Waals surface area contributed by atoms with Gasteiger partial charge in [-0.2, -0.15) is 0 Å². The maximum atomic E-state index is 15.2. The number of hydrogen-bond acceptors (Lipinski definition) is 5. The topological polar surface area (TPSA) is 90.2 Å². The van der Waals surface area contributed by atoms with Crippen molar-refractivity contribution in [1.29, 1.82) is 0 Å². The van der Waals surface area contributed by atoms with Gasteiger partial charge in [-0.1, -0.05) is 29.0 Å². The molecule has 32 heavy (non-hydrogen) atoms. The monoisotopic (exact) mass is 438 g/mol. The third-order valence-corrected chi connectivity index (χ3v) is 7.40. The minimum absolute atomic E-state index is 0.144. The van der Waals surface area contributed by atoms with Crippen molar-refractivity contribution in [3.05, 3.63) is 69.5 Å². The number of benzene rings is 2. The molecule has 0 spiro atoms. The van der Waals surface area contributed by atoms with Gasteiger partial charge in [-0.3, -0.25) is 0 Å². The molecule has 3 aliphatic rings. The van der Waals surface area contributed by atoms with Gasteiger partial charge in [0.15, 0.2) is 0 Å². The summed E-state index contributed by atoms with van der Waals surface area (Å²) in [5.74, 6) is -0.162. The van der Waals surface area contributed by atoms with E-state index in [1.165, 1.54) is 17.2 Å². The van der Waals surface area contributed by atoms with Crippen molar-refractivity contribution in [3.8, 4) is 0 Å². The Labute approximate surface area is 189 Å². The van der Waals surface area contributed by atoms with Gasteiger partial charge in [0.05, 0.1) is 6.61 Å². The van der Waals surface area contributed by atoms with E-state index in [1.807, 2.05) is 0 Å². The summed E-state index contributed by atoms with van der Waals surface area (Å²) in [6, 6.07) is 9.82. The summed E-state index contributed by atoms with van der Waals surface area (Å²) in [6.07, 6.45) is -2.97. The predicted molar refractivity (Wildman–Crippen MR) is 123 cm³/mol. The highest BCUT2D eigenvalue weighted by atomic mass is 19.1. The summed E-state index contributed by atoms with van der Waals surface area (Å²) < 4.78 is 20.8. The van der Waals surface area contributed by atoms with Crippen molar-refractivity contribution in [2.24, 2.45) is 0 Å². The van der Waals surface area contributed by atoms with E-state index in [-0.39, 0.29) is 10.8 Å². The second-order valence-electron chi connectivity index (χ2n) is 10.3. The van der Waals surface area contributed by atoms with E-state index in [1.54, 1.807) is 6.07 Å². The van der Waals surface area contributed by atoms with E-state index in [4.69, 9.17) is 4.74 Å². The molecule has 5 nitrogen and oxygen atoms in total. The van der Waals surface area contributed by atoms with Crippen LogP contribution < -0.4 is 0 Å². The second-order valence-corrected chi connectivity index (χ2v) is 10.3. The van der Waals surface area contributed by atoms with Crippen molar-refractivity contribution < 1.29 is 29.6 Å². The van der Waals surface area contributed by atoms with Gasteiger partial charge >= 0.3 is 0 Å². The molecule has 1 saturated heterocycles. The molecular weight excluding hydrogens is 409 g/mol. The minimum atomic E-state index is -1.54. The molecule has 8 heteroatoms. The highest BCUT2D eigenvalue weighted by Crippen LogP contribution is 2.45. The number of halogens is 1. The van der Waals surface area contributed by atoms with Crippen LogP contribution in [-0.4, -0.2) is 67.1 Å². The van der Waals surface area contributed by atoms with E-state index in [2.05, 4.69) is 33.9 Å². The average molecular weight is 438 g/mol. The molecule has 0 amide bonds. The number of ether oxygens (including phenoxy) is 1. The molecular formula is C24H29B2FO5. The van der Waals surface area contributed by atoms with Gasteiger partial charge in [0, 0.05) is 5.56 Å². The normalized spacial score (nSPS) is 31.1. The van der Waals surface area contributed by atoms with E-state index in [0.717, 1.165) is 36.0 Å². The van der Waals surface area contributed by atoms with Crippen molar-refractivity contribution in [2.75, 3.05) is 6.61 Å². The molecule has 2 aromatic carbocycles. The summed E-state index contributed by atoms with van der Waals surface area (Å²) in [5.41, 5.74) is 6.01. The van der Waals surface area contributed by atoms with Crippen LogP contribution in [0.15, 0.2) is 30.3 Å². The number of fused-ring (bicyclic) bond motifs is 1. The van der Waals surface area contributed by atoms with Crippen LogP contribution >= 0.6 is 0 Å². The van der Waals surface area contributed by atoms with Crippen LogP contribution in [0.1, 0.15) is 58.2 Å². The molecule has 0 bridgehead atoms. The first kappa shape index (κ1) is 22.1. The Hall–Kier alpha value is -1.70. The van der Waals surface area contributed by atoms with E-state index >= 15 is 4.39 Å². The molecule has 0 aromatic heterocycles. The van der Waals surface area contributed by atoms with Crippen LogP contribution in [0, 0.1) is 5.82 Å². The van der Waals surface area contributed by atoms with E-state index in [0.29, 0.717) is 12.3 Å². The standard InChI is InChI=1S/C24H29B2FO5/c25-24(26)9-13-2-1-11(6-17(13)24)5-14-7-16(18(27)8-15(14)12-3-4-12)23-22(31)21(30)20(29)19(10-28)32-23/h1-2,6-8,12,19-23,28-31H,3-5,9-10,25-26H2/t19-,20-,21+,22-,23+/m1/s1. The molecule has 5 atom stereocenters. The van der Waals surface area contributed by atoms with Crippen molar-refractivity contribution in [2.45, 2.75) is 67.3 Å². The second kappa shape index (κ2) is 7.96. The first-order valence-electron chi connectivity index (χ1n) is 11.4. The minimum Gasteiger partial charge on any atom is -0.394 e. The zero-order valence-electron chi connectivity index (χ0n) is 18.5. The predicted octanol–water partition coefficient (Wildman–Crippen LogP) is -0.216. The van der Waals surface area contributed by atoms with Gasteiger partial charge in [-0.05, 0) is 66.0 Å². The van der Waals surface area contributed by atoms with Gasteiger partial charge in [-0.25, -0.2) is 4.39 Å². The lowest BCUT2D eigenvalue weighted by Crippen LogP contribution is -2.55. The zero-order chi connectivity index (χ0) is 22.8. The van der Waals surface area contributed by atoms with Gasteiger partial charge in [-0.15, -0.1) is 0 Å². The maximum Gasteiger partial charge on any atom is 0.129 e. The van der Waals surface area contributed by atoms with Crippen LogP contribution in [0.5, 0.6) is 0 Å². The van der Waals surface area contributed by atoms with Gasteiger partial charge in [0.25, 0.3) is 0 Å². The molecule has 5 rings (SSSR count). The fourth-order valence-electron chi connectivity index (χ4n) is 5.36. The Kier molecular flexibility index (Phi) is 5.50. The first-order chi connectivity index (χ1) is 15.2. The first-order valence-corrected chi connectivity index (χ1v) is 11.4. The average Bonchev–Trinajstić information content (AvgIpc) is 3.59. The number of aliphatic hydroxyl groups excluding tert-OH is 4. The smallest absolute Gasteiger partial charge is 0.129 e. The summed E-state index contributed by atoms with van der Waals surface area (Å²) in [4.78, 5) is 0. The van der Waals surface area contributed by atoms with E-state index < -0.39 is 42.9 Å². The Balaban J connectivity index is 1.51. The third kappa shape index (κ3) is 3.72. The third-order valence-electron chi connectivity index (χ3n) is 7.40. The summed E-state index contributed by atoms with van der Waals surface area (Å²) >= 11 is 0. The fourth-order valence-corrected chi connectivity index (χ4v) is 5.36. The molecule has 0 radical (unpaired) electrons. The lowest BCUT2D eigenvalue weighted by molar-refractivity contribution is -0.232. The molecule has 0 unspecified atom stereocenters. The van der Waals surface area contributed by atoms with Crippen molar-refractivity contribution >= 4 is 15.7 Å². The summed E-state index contributed by atoms with van der Waals surface area (Å²) in [5, 5.41) is 40.4. The molecule has 168 valence electrons. The Morgan fingerprint density at radius 2 is 1.75 bits per heavy atom. The number of aliphatic hydroxyl groups is 4. The summed E-state index contributed by atoms with van der Waals surface area (Å²) in [6.45, 7) is -0.541. The number of rotatable bonds is 5. The van der Waals surface area contributed by atoms with Gasteiger partial charge < -0.3 is 25.2 Å². The molecule has 1 aliphatic heterocycles. The summed E-state index contributed by atoms with van der Waals surface area (Å²) in [7, 11) is 4.48. The quantitative estimate of drug-likeness (QED) is 0.486. The van der Waals surface area contributed by atoms with Crippen LogP contribution in [0.2, 0.25) is 0 Å². The van der Waals surface area contributed by atoms with Crippen LogP contribution in [0.4, 0.5) is 4.39 Å². The zero-order valence-corrected chi connectivity index (χ0v) is 18.5. The van der Waals surface area contributed by atoms with Crippen LogP contribution in [0.25, 0.3) is 0 Å². The van der Waals surface area contributed by atoms with Gasteiger partial charge in [0.2, 0.25) is 0 Å². The lowest BCUT2D eigenvalue weighted by Gasteiger charge is -2.40. The Morgan fingerprint density at radius 1 is 1.00 bits per heavy atom. The molecule has 1 saturated carbocycles. The fraction of sp³-hybridized carbons (Fsp3) is 0.500. The molecule has 1 heterocycles. The molecule has 2 aromatic rings. The molecule has 4 N–H and O–H groups in total.